The van der Waals surface area contributed by atoms with Crippen LogP contribution in [0.4, 0.5) is 0 Å². The summed E-state index contributed by atoms with van der Waals surface area (Å²) in [6.45, 7) is 1.17. The average molecular weight is 492 g/mol. The van der Waals surface area contributed by atoms with E-state index >= 15 is 0 Å². The van der Waals surface area contributed by atoms with Crippen LogP contribution in [0.15, 0.2) is 51.8 Å². The Morgan fingerprint density at radius 2 is 1.91 bits per heavy atom. The van der Waals surface area contributed by atoms with Crippen LogP contribution in [-0.2, 0) is 15.8 Å². The Balaban J connectivity index is 1.43. The molecule has 1 aromatic carbocycles. The number of rotatable bonds is 8. The molecular formula is C22H25N3O4S3. The van der Waals surface area contributed by atoms with E-state index in [2.05, 4.69) is 4.98 Å². The normalized spacial score (nSPS) is 14.9. The lowest BCUT2D eigenvalue weighted by Gasteiger charge is -2.25. The first kappa shape index (κ1) is 23.0. The molecule has 4 rings (SSSR count). The smallest absolute Gasteiger partial charge is 0.244 e. The Labute approximate surface area is 196 Å². The van der Waals surface area contributed by atoms with Crippen LogP contribution >= 0.6 is 23.1 Å². The van der Waals surface area contributed by atoms with Crippen LogP contribution in [0.2, 0.25) is 0 Å². The standard InChI is InChI=1S/C22H25N3O4S3/c1-28-19-8-6-7-18(21(19)29-2)22-24-16(15-31-22)14-30-20-10-9-17(13-23-20)32(26,27)25-11-4-3-5-12-25/h6-10,13,15H,3-5,11-12,14H2,1-2H3. The van der Waals surface area contributed by atoms with Crippen molar-refractivity contribution in [2.45, 2.75) is 34.9 Å². The number of aromatic nitrogens is 2. The second-order valence-corrected chi connectivity index (χ2v) is 11.1. The molecule has 1 saturated heterocycles. The number of ether oxygens (including phenoxy) is 2. The van der Waals surface area contributed by atoms with Crippen LogP contribution in [0.1, 0.15) is 25.0 Å². The van der Waals surface area contributed by atoms with Gasteiger partial charge in [-0.1, -0.05) is 12.5 Å². The number of sulfonamides is 1. The summed E-state index contributed by atoms with van der Waals surface area (Å²) in [6.07, 6.45) is 4.37. The highest BCUT2D eigenvalue weighted by atomic mass is 32.2. The molecule has 0 unspecified atom stereocenters. The van der Waals surface area contributed by atoms with E-state index in [1.807, 2.05) is 23.6 Å². The minimum atomic E-state index is -3.46. The molecule has 1 aliphatic heterocycles. The third-order valence-electron chi connectivity index (χ3n) is 5.22. The topological polar surface area (TPSA) is 81.6 Å². The molecule has 0 aliphatic carbocycles. The molecule has 1 aliphatic rings. The Bertz CT molecular complexity index is 1160. The lowest BCUT2D eigenvalue weighted by atomic mass is 10.2. The van der Waals surface area contributed by atoms with E-state index in [4.69, 9.17) is 14.5 Å². The lowest BCUT2D eigenvalue weighted by Crippen LogP contribution is -2.35. The third kappa shape index (κ3) is 4.93. The molecule has 0 bridgehead atoms. The van der Waals surface area contributed by atoms with Crippen molar-refractivity contribution in [1.29, 1.82) is 0 Å². The molecule has 0 saturated carbocycles. The first-order valence-electron chi connectivity index (χ1n) is 10.3. The number of para-hydroxylation sites is 1. The maximum Gasteiger partial charge on any atom is 0.244 e. The molecule has 3 heterocycles. The molecule has 2 aromatic heterocycles. The monoisotopic (exact) mass is 491 g/mol. The second kappa shape index (κ2) is 10.2. The highest BCUT2D eigenvalue weighted by Crippen LogP contribution is 2.39. The van der Waals surface area contributed by atoms with Crippen molar-refractivity contribution in [2.75, 3.05) is 27.3 Å². The SMILES string of the molecule is COc1cccc(-c2nc(CSc3ccc(S(=O)(=O)N4CCCCC4)cn3)cs2)c1OC. The number of nitrogens with zero attached hydrogens (tertiary/aromatic N) is 3. The van der Waals surface area contributed by atoms with Crippen molar-refractivity contribution >= 4 is 33.1 Å². The molecule has 170 valence electrons. The summed E-state index contributed by atoms with van der Waals surface area (Å²) in [6, 6.07) is 9.14. The van der Waals surface area contributed by atoms with Gasteiger partial charge in [-0.15, -0.1) is 23.1 Å². The molecule has 0 radical (unpaired) electrons. The van der Waals surface area contributed by atoms with E-state index in [9.17, 15) is 8.42 Å². The summed E-state index contributed by atoms with van der Waals surface area (Å²) in [4.78, 5) is 9.35. The van der Waals surface area contributed by atoms with Gasteiger partial charge in [0.05, 0.1) is 30.5 Å². The number of hydrogen-bond acceptors (Lipinski definition) is 8. The summed E-state index contributed by atoms with van der Waals surface area (Å²) in [5.41, 5.74) is 1.81. The van der Waals surface area contributed by atoms with Gasteiger partial charge in [-0.05, 0) is 37.1 Å². The second-order valence-electron chi connectivity index (χ2n) is 7.27. The number of piperidine rings is 1. The fourth-order valence-corrected chi connectivity index (χ4v) is 6.70. The van der Waals surface area contributed by atoms with Crippen molar-refractivity contribution in [2.24, 2.45) is 0 Å². The molecule has 3 aromatic rings. The van der Waals surface area contributed by atoms with E-state index in [0.717, 1.165) is 40.6 Å². The van der Waals surface area contributed by atoms with Crippen molar-refractivity contribution in [3.05, 3.63) is 47.6 Å². The van der Waals surface area contributed by atoms with E-state index in [-0.39, 0.29) is 4.90 Å². The van der Waals surface area contributed by atoms with Crippen LogP contribution in [0.5, 0.6) is 11.5 Å². The largest absolute Gasteiger partial charge is 0.493 e. The van der Waals surface area contributed by atoms with Gasteiger partial charge in [0.2, 0.25) is 10.0 Å². The summed E-state index contributed by atoms with van der Waals surface area (Å²) >= 11 is 3.07. The Morgan fingerprint density at radius 1 is 1.09 bits per heavy atom. The predicted molar refractivity (Wildman–Crippen MR) is 127 cm³/mol. The maximum absolute atomic E-state index is 12.8. The molecule has 32 heavy (non-hydrogen) atoms. The molecule has 7 nitrogen and oxygen atoms in total. The number of pyridine rings is 1. The molecular weight excluding hydrogens is 466 g/mol. The highest BCUT2D eigenvalue weighted by molar-refractivity contribution is 7.98. The van der Waals surface area contributed by atoms with Crippen LogP contribution in [-0.4, -0.2) is 50.0 Å². The number of benzene rings is 1. The zero-order chi connectivity index (χ0) is 22.6. The fourth-order valence-electron chi connectivity index (χ4n) is 3.56. The Morgan fingerprint density at radius 3 is 2.59 bits per heavy atom. The van der Waals surface area contributed by atoms with Crippen molar-refractivity contribution < 1.29 is 17.9 Å². The van der Waals surface area contributed by atoms with Crippen molar-refractivity contribution in [1.82, 2.24) is 14.3 Å². The summed E-state index contributed by atoms with van der Waals surface area (Å²) in [5.74, 6) is 1.96. The molecule has 0 atom stereocenters. The molecule has 1 fully saturated rings. The molecule has 10 heteroatoms. The lowest BCUT2D eigenvalue weighted by molar-refractivity contribution is 0.346. The van der Waals surface area contributed by atoms with E-state index in [0.29, 0.717) is 30.3 Å². The van der Waals surface area contributed by atoms with Crippen molar-refractivity contribution in [3.8, 4) is 22.1 Å². The van der Waals surface area contributed by atoms with Crippen LogP contribution in [0, 0.1) is 0 Å². The van der Waals surface area contributed by atoms with Gasteiger partial charge in [-0.25, -0.2) is 18.4 Å². The van der Waals surface area contributed by atoms with Crippen molar-refractivity contribution in [3.63, 3.8) is 0 Å². The number of hydrogen-bond donors (Lipinski definition) is 0. The molecule has 0 spiro atoms. The highest BCUT2D eigenvalue weighted by Gasteiger charge is 2.26. The summed E-state index contributed by atoms with van der Waals surface area (Å²) in [7, 11) is -0.227. The fraction of sp³-hybridized carbons (Fsp3) is 0.364. The van der Waals surface area contributed by atoms with Crippen LogP contribution in [0.3, 0.4) is 0 Å². The van der Waals surface area contributed by atoms with Crippen LogP contribution in [0.25, 0.3) is 10.6 Å². The van der Waals surface area contributed by atoms with Gasteiger partial charge in [0, 0.05) is 30.4 Å². The predicted octanol–water partition coefficient (Wildman–Crippen LogP) is 4.69. The van der Waals surface area contributed by atoms with E-state index in [1.165, 1.54) is 18.0 Å². The zero-order valence-electron chi connectivity index (χ0n) is 18.0. The summed E-state index contributed by atoms with van der Waals surface area (Å²) in [5, 5.41) is 3.62. The van der Waals surface area contributed by atoms with Gasteiger partial charge in [-0.2, -0.15) is 4.31 Å². The minimum absolute atomic E-state index is 0.254. The third-order valence-corrected chi connectivity index (χ3v) is 9.00. The Hall–Kier alpha value is -2.14. The summed E-state index contributed by atoms with van der Waals surface area (Å²) < 4.78 is 38.0. The van der Waals surface area contributed by atoms with Gasteiger partial charge in [-0.3, -0.25) is 0 Å². The molecule has 0 amide bonds. The average Bonchev–Trinajstić information content (AvgIpc) is 3.32. The number of thiazole rings is 1. The molecule has 0 N–H and O–H groups in total. The number of thioether (sulfide) groups is 1. The van der Waals surface area contributed by atoms with Gasteiger partial charge < -0.3 is 9.47 Å². The van der Waals surface area contributed by atoms with Gasteiger partial charge >= 0.3 is 0 Å². The first-order valence-corrected chi connectivity index (χ1v) is 13.6. The maximum atomic E-state index is 12.8. The van der Waals surface area contributed by atoms with Crippen LogP contribution < -0.4 is 9.47 Å². The Kier molecular flexibility index (Phi) is 7.34. The zero-order valence-corrected chi connectivity index (χ0v) is 20.4. The quantitative estimate of drug-likeness (QED) is 0.423. The van der Waals surface area contributed by atoms with E-state index < -0.39 is 10.0 Å². The van der Waals surface area contributed by atoms with Gasteiger partial charge in [0.1, 0.15) is 9.90 Å². The van der Waals surface area contributed by atoms with Gasteiger partial charge in [0.15, 0.2) is 11.5 Å². The minimum Gasteiger partial charge on any atom is -0.493 e. The number of methoxy groups -OCH3 is 2. The van der Waals surface area contributed by atoms with Gasteiger partial charge in [0.25, 0.3) is 0 Å². The van der Waals surface area contributed by atoms with E-state index in [1.54, 1.807) is 42.0 Å². The first-order chi connectivity index (χ1) is 15.5.